The molecule has 1 aromatic heterocycles. The van der Waals surface area contributed by atoms with E-state index in [0.717, 1.165) is 44.0 Å². The van der Waals surface area contributed by atoms with Crippen molar-refractivity contribution in [3.8, 4) is 11.4 Å². The number of benzene rings is 1. The SMILES string of the molecule is CCCOc1ccc(-n2cncc2C2(C)CCNC2)cc1. The van der Waals surface area contributed by atoms with E-state index in [1.807, 2.05) is 24.7 Å². The summed E-state index contributed by atoms with van der Waals surface area (Å²) < 4.78 is 7.83. The van der Waals surface area contributed by atoms with E-state index in [-0.39, 0.29) is 5.41 Å². The maximum atomic E-state index is 5.64. The van der Waals surface area contributed by atoms with Gasteiger partial charge in [-0.15, -0.1) is 0 Å². The smallest absolute Gasteiger partial charge is 0.119 e. The lowest BCUT2D eigenvalue weighted by Gasteiger charge is -2.24. The second-order valence-corrected chi connectivity index (χ2v) is 5.98. The molecular formula is C17H23N3O. The molecule has 4 heteroatoms. The summed E-state index contributed by atoms with van der Waals surface area (Å²) in [6, 6.07) is 8.26. The molecule has 0 saturated carbocycles. The van der Waals surface area contributed by atoms with Gasteiger partial charge in [0.2, 0.25) is 0 Å². The molecule has 21 heavy (non-hydrogen) atoms. The molecule has 0 bridgehead atoms. The van der Waals surface area contributed by atoms with Crippen molar-refractivity contribution in [2.75, 3.05) is 19.7 Å². The molecule has 3 rings (SSSR count). The molecule has 0 spiro atoms. The second kappa shape index (κ2) is 5.90. The molecule has 0 radical (unpaired) electrons. The van der Waals surface area contributed by atoms with Crippen molar-refractivity contribution in [3.05, 3.63) is 42.5 Å². The summed E-state index contributed by atoms with van der Waals surface area (Å²) in [5.41, 5.74) is 2.57. The number of aromatic nitrogens is 2. The van der Waals surface area contributed by atoms with Gasteiger partial charge in [0.05, 0.1) is 12.9 Å². The molecule has 1 saturated heterocycles. The Morgan fingerprint density at radius 2 is 2.14 bits per heavy atom. The minimum absolute atomic E-state index is 0.161. The largest absolute Gasteiger partial charge is 0.494 e. The van der Waals surface area contributed by atoms with Gasteiger partial charge in [-0.3, -0.25) is 0 Å². The summed E-state index contributed by atoms with van der Waals surface area (Å²) >= 11 is 0. The lowest BCUT2D eigenvalue weighted by molar-refractivity contribution is 0.317. The zero-order valence-corrected chi connectivity index (χ0v) is 12.8. The fraction of sp³-hybridized carbons (Fsp3) is 0.471. The fourth-order valence-electron chi connectivity index (χ4n) is 2.91. The highest BCUT2D eigenvalue weighted by molar-refractivity contribution is 5.40. The Morgan fingerprint density at radius 3 is 2.81 bits per heavy atom. The van der Waals surface area contributed by atoms with Crippen LogP contribution in [0.5, 0.6) is 5.75 Å². The van der Waals surface area contributed by atoms with Crippen molar-refractivity contribution >= 4 is 0 Å². The van der Waals surface area contributed by atoms with E-state index in [1.54, 1.807) is 0 Å². The Labute approximate surface area is 126 Å². The van der Waals surface area contributed by atoms with E-state index >= 15 is 0 Å². The van der Waals surface area contributed by atoms with Crippen molar-refractivity contribution in [1.82, 2.24) is 14.9 Å². The van der Waals surface area contributed by atoms with E-state index in [0.29, 0.717) is 0 Å². The van der Waals surface area contributed by atoms with E-state index in [4.69, 9.17) is 4.74 Å². The Balaban J connectivity index is 1.86. The first-order valence-corrected chi connectivity index (χ1v) is 7.70. The van der Waals surface area contributed by atoms with Crippen molar-refractivity contribution in [1.29, 1.82) is 0 Å². The number of ether oxygens (including phenoxy) is 1. The van der Waals surface area contributed by atoms with Crippen molar-refractivity contribution < 1.29 is 4.74 Å². The predicted molar refractivity (Wildman–Crippen MR) is 84.2 cm³/mol. The van der Waals surface area contributed by atoms with Crippen molar-refractivity contribution in [3.63, 3.8) is 0 Å². The van der Waals surface area contributed by atoms with Crippen LogP contribution in [0.25, 0.3) is 5.69 Å². The number of nitrogens with one attached hydrogen (secondary N) is 1. The molecule has 2 aromatic rings. The van der Waals surface area contributed by atoms with Gasteiger partial charge in [0, 0.05) is 29.5 Å². The molecule has 1 aromatic carbocycles. The first-order valence-electron chi connectivity index (χ1n) is 7.70. The van der Waals surface area contributed by atoms with Gasteiger partial charge in [-0.05, 0) is 43.7 Å². The highest BCUT2D eigenvalue weighted by atomic mass is 16.5. The highest BCUT2D eigenvalue weighted by Gasteiger charge is 2.33. The standard InChI is InChI=1S/C17H23N3O/c1-3-10-21-15-6-4-14(5-7-15)20-13-19-11-16(20)17(2)8-9-18-12-17/h4-7,11,13,18H,3,8-10,12H2,1-2H3. The Kier molecular flexibility index (Phi) is 3.97. The average molecular weight is 285 g/mol. The van der Waals surface area contributed by atoms with E-state index in [9.17, 15) is 0 Å². The van der Waals surface area contributed by atoms with Gasteiger partial charge < -0.3 is 14.6 Å². The lowest BCUT2D eigenvalue weighted by Crippen LogP contribution is -2.27. The molecule has 1 aliphatic rings. The summed E-state index contributed by atoms with van der Waals surface area (Å²) in [5, 5.41) is 3.45. The fourth-order valence-corrected chi connectivity index (χ4v) is 2.91. The van der Waals surface area contributed by atoms with Crippen molar-refractivity contribution in [2.45, 2.75) is 32.1 Å². The lowest BCUT2D eigenvalue weighted by atomic mass is 9.86. The molecule has 1 unspecified atom stereocenters. The van der Waals surface area contributed by atoms with Crippen molar-refractivity contribution in [2.24, 2.45) is 0 Å². The number of nitrogens with zero attached hydrogens (tertiary/aromatic N) is 2. The van der Waals surface area contributed by atoms with Gasteiger partial charge in [-0.1, -0.05) is 13.8 Å². The van der Waals surface area contributed by atoms with Gasteiger partial charge in [0.15, 0.2) is 0 Å². The molecule has 0 amide bonds. The van der Waals surface area contributed by atoms with Crippen LogP contribution in [0.2, 0.25) is 0 Å². The molecule has 2 heterocycles. The van der Waals surface area contributed by atoms with E-state index in [1.165, 1.54) is 5.69 Å². The molecule has 1 atom stereocenters. The van der Waals surface area contributed by atoms with Crippen LogP contribution < -0.4 is 10.1 Å². The van der Waals surface area contributed by atoms with E-state index in [2.05, 4.69) is 40.8 Å². The molecule has 1 N–H and O–H groups in total. The second-order valence-electron chi connectivity index (χ2n) is 5.98. The van der Waals surface area contributed by atoms with Crippen LogP contribution in [0.4, 0.5) is 0 Å². The molecular weight excluding hydrogens is 262 g/mol. The normalized spacial score (nSPS) is 21.6. The quantitative estimate of drug-likeness (QED) is 0.918. The summed E-state index contributed by atoms with van der Waals surface area (Å²) in [6.07, 6.45) is 6.07. The maximum absolute atomic E-state index is 5.64. The van der Waals surface area contributed by atoms with Gasteiger partial charge >= 0.3 is 0 Å². The van der Waals surface area contributed by atoms with E-state index < -0.39 is 0 Å². The van der Waals surface area contributed by atoms with Crippen LogP contribution in [-0.4, -0.2) is 29.2 Å². The zero-order valence-electron chi connectivity index (χ0n) is 12.8. The van der Waals surface area contributed by atoms with Gasteiger partial charge in [0.1, 0.15) is 5.75 Å². The first-order chi connectivity index (χ1) is 10.2. The summed E-state index contributed by atoms with van der Waals surface area (Å²) in [6.45, 7) is 7.27. The summed E-state index contributed by atoms with van der Waals surface area (Å²) in [4.78, 5) is 4.36. The third-order valence-corrected chi connectivity index (χ3v) is 4.21. The Hall–Kier alpha value is -1.81. The molecule has 4 nitrogen and oxygen atoms in total. The summed E-state index contributed by atoms with van der Waals surface area (Å²) in [7, 11) is 0. The van der Waals surface area contributed by atoms with Crippen LogP contribution in [-0.2, 0) is 5.41 Å². The van der Waals surface area contributed by atoms with Gasteiger partial charge in [0.25, 0.3) is 0 Å². The number of rotatable bonds is 5. The Morgan fingerprint density at radius 1 is 1.33 bits per heavy atom. The van der Waals surface area contributed by atoms with Crippen LogP contribution in [0.3, 0.4) is 0 Å². The molecule has 0 aliphatic carbocycles. The zero-order chi connectivity index (χ0) is 14.7. The van der Waals surface area contributed by atoms with Crippen LogP contribution in [0.15, 0.2) is 36.8 Å². The van der Waals surface area contributed by atoms with Crippen LogP contribution >= 0.6 is 0 Å². The number of imidazole rings is 1. The van der Waals surface area contributed by atoms with Gasteiger partial charge in [-0.25, -0.2) is 4.98 Å². The minimum Gasteiger partial charge on any atom is -0.494 e. The monoisotopic (exact) mass is 285 g/mol. The first kappa shape index (κ1) is 14.1. The number of hydrogen-bond acceptors (Lipinski definition) is 3. The van der Waals surface area contributed by atoms with Crippen LogP contribution in [0, 0.1) is 0 Å². The third-order valence-electron chi connectivity index (χ3n) is 4.21. The average Bonchev–Trinajstić information content (AvgIpc) is 3.15. The predicted octanol–water partition coefficient (Wildman–Crippen LogP) is 2.91. The third kappa shape index (κ3) is 2.81. The number of hydrogen-bond donors (Lipinski definition) is 1. The highest BCUT2D eigenvalue weighted by Crippen LogP contribution is 2.31. The Bertz CT molecular complexity index is 582. The molecule has 112 valence electrons. The topological polar surface area (TPSA) is 39.1 Å². The van der Waals surface area contributed by atoms with Crippen LogP contribution in [0.1, 0.15) is 32.4 Å². The van der Waals surface area contributed by atoms with Gasteiger partial charge in [-0.2, -0.15) is 0 Å². The molecule has 1 fully saturated rings. The maximum Gasteiger partial charge on any atom is 0.119 e. The minimum atomic E-state index is 0.161. The summed E-state index contributed by atoms with van der Waals surface area (Å²) in [5.74, 6) is 0.927. The molecule has 1 aliphatic heterocycles.